The second-order valence-corrected chi connectivity index (χ2v) is 9.59. The largest absolute Gasteiger partial charge is 0.456 e. The molecule has 1 heterocycles. The van der Waals surface area contributed by atoms with Gasteiger partial charge in [0.15, 0.2) is 0 Å². The summed E-state index contributed by atoms with van der Waals surface area (Å²) in [5.41, 5.74) is 6.72. The van der Waals surface area contributed by atoms with E-state index in [1.54, 1.807) is 0 Å². The normalized spacial score (nSPS) is 11.7. The Balaban J connectivity index is 1.64. The van der Waals surface area contributed by atoms with E-state index >= 15 is 0 Å². The zero-order valence-electron chi connectivity index (χ0n) is 20.5. The van der Waals surface area contributed by atoms with Crippen LogP contribution >= 0.6 is 0 Å². The molecular formula is C32H15B5O. The molecule has 1 aromatic heterocycles. The fourth-order valence-corrected chi connectivity index (χ4v) is 5.71. The van der Waals surface area contributed by atoms with Gasteiger partial charge in [0.1, 0.15) is 50.4 Å². The maximum Gasteiger partial charge on any atom is 0.135 e. The highest BCUT2D eigenvalue weighted by molar-refractivity contribution is 6.69. The molecule has 0 N–H and O–H groups in total. The van der Waals surface area contributed by atoms with Crippen molar-refractivity contribution in [2.75, 3.05) is 0 Å². The molecule has 7 aromatic rings. The van der Waals surface area contributed by atoms with Gasteiger partial charge in [0.25, 0.3) is 0 Å². The van der Waals surface area contributed by atoms with Crippen LogP contribution < -0.4 is 27.3 Å². The van der Waals surface area contributed by atoms with Crippen LogP contribution in [0.5, 0.6) is 0 Å². The fraction of sp³-hybridized carbons (Fsp3) is 0. The highest BCUT2D eigenvalue weighted by Gasteiger charge is 2.21. The van der Waals surface area contributed by atoms with Crippen molar-refractivity contribution in [1.82, 2.24) is 0 Å². The van der Waals surface area contributed by atoms with Crippen LogP contribution in [0.1, 0.15) is 0 Å². The third-order valence-electron chi connectivity index (χ3n) is 7.55. The van der Waals surface area contributed by atoms with Crippen LogP contribution in [0.25, 0.3) is 65.7 Å². The Bertz CT molecular complexity index is 2000. The minimum atomic E-state index is 0.203. The summed E-state index contributed by atoms with van der Waals surface area (Å²) in [4.78, 5) is 0. The van der Waals surface area contributed by atoms with E-state index in [2.05, 4.69) is 42.5 Å². The summed E-state index contributed by atoms with van der Waals surface area (Å²) in [5.74, 6) is 0. The maximum atomic E-state index is 6.57. The third-order valence-corrected chi connectivity index (χ3v) is 7.55. The van der Waals surface area contributed by atoms with Gasteiger partial charge < -0.3 is 4.42 Å². The van der Waals surface area contributed by atoms with Crippen LogP contribution in [0.4, 0.5) is 0 Å². The minimum Gasteiger partial charge on any atom is -0.456 e. The van der Waals surface area contributed by atoms with Gasteiger partial charge >= 0.3 is 0 Å². The second-order valence-electron chi connectivity index (χ2n) is 9.59. The van der Waals surface area contributed by atoms with Crippen molar-refractivity contribution in [3.05, 3.63) is 91.0 Å². The van der Waals surface area contributed by atoms with E-state index in [0.29, 0.717) is 16.5 Å². The van der Waals surface area contributed by atoms with Crippen LogP contribution in [-0.2, 0) is 0 Å². The van der Waals surface area contributed by atoms with Gasteiger partial charge in [-0.25, -0.2) is 0 Å². The monoisotopic (exact) mass is 470 g/mol. The third kappa shape index (κ3) is 3.19. The first-order valence-corrected chi connectivity index (χ1v) is 12.3. The van der Waals surface area contributed by atoms with Gasteiger partial charge in [0, 0.05) is 10.8 Å². The predicted molar refractivity (Wildman–Crippen MR) is 167 cm³/mol. The Kier molecular flexibility index (Phi) is 5.17. The number of para-hydroxylation sites is 1. The Morgan fingerprint density at radius 3 is 1.39 bits per heavy atom. The molecule has 0 aliphatic rings. The molecule has 1 nitrogen and oxygen atoms in total. The van der Waals surface area contributed by atoms with Gasteiger partial charge in [-0.05, 0) is 62.0 Å². The summed E-state index contributed by atoms with van der Waals surface area (Å²) in [6.45, 7) is 0. The summed E-state index contributed by atoms with van der Waals surface area (Å²) in [6.07, 6.45) is 0. The Hall–Kier alpha value is -4.04. The molecule has 0 spiro atoms. The zero-order valence-corrected chi connectivity index (χ0v) is 20.5. The van der Waals surface area contributed by atoms with Gasteiger partial charge in [0.05, 0.1) is 0 Å². The topological polar surface area (TPSA) is 13.1 Å². The van der Waals surface area contributed by atoms with Crippen molar-refractivity contribution in [3.8, 4) is 22.3 Å². The SMILES string of the molecule is [B]c1c([B])c([B])c(-c2c3ccccc3c(-c3ccc4oc5ccccc5c4c3)c3ccccc23)c([B])c1[B]. The fourth-order valence-electron chi connectivity index (χ4n) is 5.71. The standard InChI is InChI=1S/C32H15B5O/c33-28-27(29(34)31(36)32(37)30(28)35)26-20-10-3-1-8-18(20)25(19-9-2-4-11-21(19)26)16-13-14-24-22(15-16)17-7-5-6-12-23(17)38-24/h1-15H. The summed E-state index contributed by atoms with van der Waals surface area (Å²) in [7, 11) is 31.8. The van der Waals surface area contributed by atoms with E-state index in [-0.39, 0.29) is 16.4 Å². The zero-order chi connectivity index (χ0) is 26.1. The van der Waals surface area contributed by atoms with E-state index < -0.39 is 0 Å². The molecule has 0 saturated heterocycles. The quantitative estimate of drug-likeness (QED) is 0.280. The highest BCUT2D eigenvalue weighted by atomic mass is 16.3. The van der Waals surface area contributed by atoms with Gasteiger partial charge in [-0.1, -0.05) is 83.7 Å². The lowest BCUT2D eigenvalue weighted by Crippen LogP contribution is -2.55. The molecule has 0 unspecified atom stereocenters. The van der Waals surface area contributed by atoms with E-state index in [1.165, 1.54) is 0 Å². The van der Waals surface area contributed by atoms with Gasteiger partial charge in [-0.15, -0.1) is 16.4 Å². The van der Waals surface area contributed by atoms with E-state index in [0.717, 1.165) is 60.2 Å². The van der Waals surface area contributed by atoms with Crippen molar-refractivity contribution in [2.45, 2.75) is 0 Å². The molecular weight excluding hydrogens is 454 g/mol. The molecule has 164 valence electrons. The molecule has 6 aromatic carbocycles. The number of hydrogen-bond acceptors (Lipinski definition) is 1. The summed E-state index contributed by atoms with van der Waals surface area (Å²) < 4.78 is 6.09. The molecule has 0 aliphatic carbocycles. The van der Waals surface area contributed by atoms with Crippen molar-refractivity contribution >= 4 is 110 Å². The second kappa shape index (κ2) is 8.50. The smallest absolute Gasteiger partial charge is 0.135 e. The first-order valence-electron chi connectivity index (χ1n) is 12.3. The molecule has 0 bridgehead atoms. The molecule has 6 heteroatoms. The van der Waals surface area contributed by atoms with Crippen molar-refractivity contribution in [1.29, 1.82) is 0 Å². The lowest BCUT2D eigenvalue weighted by molar-refractivity contribution is 0.669. The summed E-state index contributed by atoms with van der Waals surface area (Å²) in [6, 6.07) is 30.9. The molecule has 0 amide bonds. The van der Waals surface area contributed by atoms with Gasteiger partial charge in [0.2, 0.25) is 0 Å². The first-order chi connectivity index (χ1) is 18.5. The average molecular weight is 470 g/mol. The molecule has 0 atom stereocenters. The van der Waals surface area contributed by atoms with E-state index in [1.807, 2.05) is 48.5 Å². The molecule has 0 fully saturated rings. The number of furan rings is 1. The van der Waals surface area contributed by atoms with Crippen LogP contribution in [0.2, 0.25) is 0 Å². The summed E-state index contributed by atoms with van der Waals surface area (Å²) in [5, 5.41) is 6.24. The molecule has 38 heavy (non-hydrogen) atoms. The van der Waals surface area contributed by atoms with Gasteiger partial charge in [-0.3, -0.25) is 0 Å². The molecule has 0 saturated carbocycles. The van der Waals surface area contributed by atoms with Crippen molar-refractivity contribution < 1.29 is 4.42 Å². The van der Waals surface area contributed by atoms with Crippen molar-refractivity contribution in [2.24, 2.45) is 0 Å². The predicted octanol–water partition coefficient (Wildman–Crippen LogP) is 3.20. The number of benzene rings is 6. The summed E-state index contributed by atoms with van der Waals surface area (Å²) >= 11 is 0. The molecule has 0 aliphatic heterocycles. The Morgan fingerprint density at radius 2 is 0.816 bits per heavy atom. The van der Waals surface area contributed by atoms with Gasteiger partial charge in [-0.2, -0.15) is 0 Å². The lowest BCUT2D eigenvalue weighted by atomic mass is 9.59. The van der Waals surface area contributed by atoms with E-state index in [9.17, 15) is 0 Å². The van der Waals surface area contributed by atoms with Crippen molar-refractivity contribution in [3.63, 3.8) is 0 Å². The van der Waals surface area contributed by atoms with E-state index in [4.69, 9.17) is 43.6 Å². The Morgan fingerprint density at radius 1 is 0.368 bits per heavy atom. The van der Waals surface area contributed by atoms with Crippen LogP contribution in [0.3, 0.4) is 0 Å². The number of hydrogen-bond donors (Lipinski definition) is 0. The average Bonchev–Trinajstić information content (AvgIpc) is 3.33. The lowest BCUT2D eigenvalue weighted by Gasteiger charge is -2.25. The van der Waals surface area contributed by atoms with Crippen LogP contribution in [-0.4, -0.2) is 39.2 Å². The number of fused-ring (bicyclic) bond motifs is 5. The Labute approximate surface area is 227 Å². The van der Waals surface area contributed by atoms with Crippen LogP contribution in [0, 0.1) is 0 Å². The molecule has 10 radical (unpaired) electrons. The maximum absolute atomic E-state index is 6.57. The molecule has 7 rings (SSSR count). The van der Waals surface area contributed by atoms with Crippen LogP contribution in [0.15, 0.2) is 95.4 Å². The number of rotatable bonds is 2. The highest BCUT2D eigenvalue weighted by Crippen LogP contribution is 2.43. The minimum absolute atomic E-state index is 0.203. The first kappa shape index (κ1) is 23.1.